The lowest BCUT2D eigenvalue weighted by atomic mass is 10.0. The number of carbonyl (C=O) groups is 1. The van der Waals surface area contributed by atoms with Gasteiger partial charge in [-0.05, 0) is 49.7 Å². The molecule has 1 heterocycles. The van der Waals surface area contributed by atoms with Crippen LogP contribution in [0.5, 0.6) is 23.0 Å². The molecular weight excluding hydrogens is 476 g/mol. The van der Waals surface area contributed by atoms with Gasteiger partial charge in [-0.15, -0.1) is 0 Å². The zero-order valence-electron chi connectivity index (χ0n) is 22.5. The molecule has 204 valence electrons. The van der Waals surface area contributed by atoms with Crippen LogP contribution >= 0.6 is 0 Å². The van der Waals surface area contributed by atoms with Crippen molar-refractivity contribution in [3.05, 3.63) is 47.5 Å². The third-order valence-electron chi connectivity index (χ3n) is 6.44. The number of methoxy groups -OCH3 is 3. The third-order valence-corrected chi connectivity index (χ3v) is 6.44. The van der Waals surface area contributed by atoms with E-state index in [1.54, 1.807) is 39.5 Å². The molecule has 0 radical (unpaired) electrons. The number of hydrogen-bond acceptors (Lipinski definition) is 8. The lowest BCUT2D eigenvalue weighted by molar-refractivity contribution is 0.0128. The van der Waals surface area contributed by atoms with Crippen LogP contribution in [-0.2, 0) is 11.3 Å². The highest BCUT2D eigenvalue weighted by atomic mass is 16.5. The second kappa shape index (κ2) is 14.1. The standard InChI is InChI=1S/C28H40N2O7/c1-19(2)30(28(32)21-7-8-25(35-5)26(13-21)36-10-6-9-31)17-22-15-29-16-27(22)37-18-20-11-23(33-3)14-24(12-20)34-4/h7-8,11-14,19,22,27,29,31H,6,9-10,15-18H2,1-5H3/t22-,27+/m0/s1. The fraction of sp³-hybridized carbons (Fsp3) is 0.536. The van der Waals surface area contributed by atoms with E-state index < -0.39 is 0 Å². The first-order chi connectivity index (χ1) is 17.9. The normalized spacial score (nSPS) is 17.1. The van der Waals surface area contributed by atoms with Gasteiger partial charge in [-0.2, -0.15) is 0 Å². The van der Waals surface area contributed by atoms with Crippen molar-refractivity contribution in [3.63, 3.8) is 0 Å². The topological polar surface area (TPSA) is 98.7 Å². The van der Waals surface area contributed by atoms with Crippen molar-refractivity contribution in [1.82, 2.24) is 10.2 Å². The smallest absolute Gasteiger partial charge is 0.254 e. The van der Waals surface area contributed by atoms with Gasteiger partial charge in [0.2, 0.25) is 0 Å². The first-order valence-corrected chi connectivity index (χ1v) is 12.7. The quantitative estimate of drug-likeness (QED) is 0.370. The van der Waals surface area contributed by atoms with Crippen molar-refractivity contribution in [2.24, 2.45) is 5.92 Å². The zero-order valence-corrected chi connectivity index (χ0v) is 22.5. The Morgan fingerprint density at radius 3 is 2.38 bits per heavy atom. The summed E-state index contributed by atoms with van der Waals surface area (Å²) in [5.41, 5.74) is 1.49. The highest BCUT2D eigenvalue weighted by Gasteiger charge is 2.32. The van der Waals surface area contributed by atoms with E-state index in [-0.39, 0.29) is 30.6 Å². The minimum absolute atomic E-state index is 0.00254. The van der Waals surface area contributed by atoms with Gasteiger partial charge in [0, 0.05) is 56.3 Å². The maximum absolute atomic E-state index is 13.6. The molecule has 9 nitrogen and oxygen atoms in total. The molecule has 9 heteroatoms. The second-order valence-electron chi connectivity index (χ2n) is 9.33. The van der Waals surface area contributed by atoms with Crippen molar-refractivity contribution in [3.8, 4) is 23.0 Å². The van der Waals surface area contributed by atoms with Crippen molar-refractivity contribution >= 4 is 5.91 Å². The van der Waals surface area contributed by atoms with Gasteiger partial charge < -0.3 is 39.0 Å². The van der Waals surface area contributed by atoms with Crippen LogP contribution in [0.3, 0.4) is 0 Å². The highest BCUT2D eigenvalue weighted by Crippen LogP contribution is 2.30. The number of carbonyl (C=O) groups excluding carboxylic acids is 1. The third kappa shape index (κ3) is 7.74. The van der Waals surface area contributed by atoms with E-state index in [9.17, 15) is 4.79 Å². The molecule has 0 unspecified atom stereocenters. The Kier molecular flexibility index (Phi) is 10.9. The van der Waals surface area contributed by atoms with Crippen molar-refractivity contribution in [1.29, 1.82) is 0 Å². The largest absolute Gasteiger partial charge is 0.497 e. The van der Waals surface area contributed by atoms with Gasteiger partial charge in [-0.25, -0.2) is 0 Å². The Morgan fingerprint density at radius 2 is 1.76 bits per heavy atom. The monoisotopic (exact) mass is 516 g/mol. The molecule has 2 aromatic rings. The highest BCUT2D eigenvalue weighted by molar-refractivity contribution is 5.95. The van der Waals surface area contributed by atoms with Gasteiger partial charge in [-0.1, -0.05) is 0 Å². The molecule has 1 amide bonds. The summed E-state index contributed by atoms with van der Waals surface area (Å²) < 4.78 is 28.2. The summed E-state index contributed by atoms with van der Waals surface area (Å²) >= 11 is 0. The van der Waals surface area contributed by atoms with E-state index in [0.717, 1.165) is 30.2 Å². The molecule has 2 N–H and O–H groups in total. The van der Waals surface area contributed by atoms with Crippen LogP contribution in [0.2, 0.25) is 0 Å². The van der Waals surface area contributed by atoms with E-state index in [0.29, 0.717) is 43.2 Å². The average molecular weight is 517 g/mol. The van der Waals surface area contributed by atoms with Crippen LogP contribution in [-0.4, -0.2) is 82.2 Å². The van der Waals surface area contributed by atoms with Crippen LogP contribution in [0.15, 0.2) is 36.4 Å². The molecule has 1 aliphatic heterocycles. The Morgan fingerprint density at radius 1 is 1.03 bits per heavy atom. The van der Waals surface area contributed by atoms with Gasteiger partial charge in [0.25, 0.3) is 5.91 Å². The molecule has 0 saturated carbocycles. The summed E-state index contributed by atoms with van der Waals surface area (Å²) in [6.45, 7) is 6.86. The van der Waals surface area contributed by atoms with Crippen LogP contribution in [0, 0.1) is 5.92 Å². The van der Waals surface area contributed by atoms with Crippen molar-refractivity contribution in [2.45, 2.75) is 39.0 Å². The Hall–Kier alpha value is -3.01. The molecule has 2 atom stereocenters. The van der Waals surface area contributed by atoms with Crippen LogP contribution < -0.4 is 24.3 Å². The molecule has 1 saturated heterocycles. The first kappa shape index (κ1) is 28.6. The molecule has 1 fully saturated rings. The lowest BCUT2D eigenvalue weighted by Crippen LogP contribution is -2.43. The van der Waals surface area contributed by atoms with Crippen molar-refractivity contribution in [2.75, 3.05) is 54.2 Å². The molecular formula is C28H40N2O7. The van der Waals surface area contributed by atoms with E-state index >= 15 is 0 Å². The zero-order chi connectivity index (χ0) is 26.8. The maximum atomic E-state index is 13.6. The molecule has 1 aliphatic rings. The van der Waals surface area contributed by atoms with Gasteiger partial charge in [0.15, 0.2) is 11.5 Å². The summed E-state index contributed by atoms with van der Waals surface area (Å²) in [5, 5.41) is 12.5. The molecule has 0 bridgehead atoms. The summed E-state index contributed by atoms with van der Waals surface area (Å²) in [6.07, 6.45) is 0.456. The van der Waals surface area contributed by atoms with E-state index in [1.165, 1.54) is 0 Å². The number of nitrogens with zero attached hydrogens (tertiary/aromatic N) is 1. The summed E-state index contributed by atoms with van der Waals surface area (Å²) in [4.78, 5) is 15.5. The minimum atomic E-state index is -0.0761. The fourth-order valence-electron chi connectivity index (χ4n) is 4.36. The summed E-state index contributed by atoms with van der Waals surface area (Å²) in [6, 6.07) is 10.9. The molecule has 3 rings (SSSR count). The SMILES string of the molecule is COc1cc(CO[C@@H]2CNC[C@H]2CN(C(=O)c2ccc(OC)c(OCCCO)c2)C(C)C)cc(OC)c1. The van der Waals surface area contributed by atoms with E-state index in [4.69, 9.17) is 28.8 Å². The molecule has 0 aliphatic carbocycles. The Labute approximate surface area is 219 Å². The van der Waals surface area contributed by atoms with Gasteiger partial charge in [0.1, 0.15) is 11.5 Å². The predicted molar refractivity (Wildman–Crippen MR) is 141 cm³/mol. The van der Waals surface area contributed by atoms with Gasteiger partial charge in [0.05, 0.1) is 40.6 Å². The second-order valence-corrected chi connectivity index (χ2v) is 9.33. The number of rotatable bonds is 14. The fourth-order valence-corrected chi connectivity index (χ4v) is 4.36. The Bertz CT molecular complexity index is 992. The number of nitrogens with one attached hydrogen (secondary N) is 1. The minimum Gasteiger partial charge on any atom is -0.497 e. The van der Waals surface area contributed by atoms with Gasteiger partial charge in [-0.3, -0.25) is 4.79 Å². The van der Waals surface area contributed by atoms with Crippen molar-refractivity contribution < 1.29 is 33.6 Å². The molecule has 0 aromatic heterocycles. The summed E-state index contributed by atoms with van der Waals surface area (Å²) in [7, 11) is 4.81. The maximum Gasteiger partial charge on any atom is 0.254 e. The lowest BCUT2D eigenvalue weighted by Gasteiger charge is -2.31. The first-order valence-electron chi connectivity index (χ1n) is 12.7. The Balaban J connectivity index is 1.69. The average Bonchev–Trinajstić information content (AvgIpc) is 3.36. The molecule has 2 aromatic carbocycles. The number of amides is 1. The van der Waals surface area contributed by atoms with Crippen LogP contribution in [0.4, 0.5) is 0 Å². The van der Waals surface area contributed by atoms with Crippen LogP contribution in [0.25, 0.3) is 0 Å². The number of aliphatic hydroxyl groups is 1. The van der Waals surface area contributed by atoms with Gasteiger partial charge >= 0.3 is 0 Å². The summed E-state index contributed by atoms with van der Waals surface area (Å²) in [5.74, 6) is 2.53. The van der Waals surface area contributed by atoms with Crippen LogP contribution in [0.1, 0.15) is 36.2 Å². The predicted octanol–water partition coefficient (Wildman–Crippen LogP) is 3.13. The molecule has 0 spiro atoms. The number of hydrogen-bond donors (Lipinski definition) is 2. The number of benzene rings is 2. The van der Waals surface area contributed by atoms with E-state index in [1.807, 2.05) is 36.9 Å². The van der Waals surface area contributed by atoms with E-state index in [2.05, 4.69) is 5.32 Å². The number of ether oxygens (including phenoxy) is 5. The number of aliphatic hydroxyl groups excluding tert-OH is 1. The molecule has 37 heavy (non-hydrogen) atoms.